The lowest BCUT2D eigenvalue weighted by Gasteiger charge is -2.30. The van der Waals surface area contributed by atoms with E-state index in [1.807, 2.05) is 0 Å². The van der Waals surface area contributed by atoms with Gasteiger partial charge in [-0.05, 0) is 72.4 Å². The number of nitrogens with one attached hydrogen (secondary N) is 2. The fraction of sp³-hybridized carbons (Fsp3) is 0.538. The Morgan fingerprint density at radius 2 is 1.53 bits per heavy atom. The molecule has 0 spiro atoms. The Balaban J connectivity index is 0.00000578. The van der Waals surface area contributed by atoms with Crippen LogP contribution in [0.25, 0.3) is 0 Å². The van der Waals surface area contributed by atoms with Gasteiger partial charge in [0.2, 0.25) is 10.0 Å². The van der Waals surface area contributed by atoms with E-state index in [1.165, 1.54) is 23.3 Å². The summed E-state index contributed by atoms with van der Waals surface area (Å²) in [5.41, 5.74) is 5.84. The summed E-state index contributed by atoms with van der Waals surface area (Å²) in [6.45, 7) is 14.4. The van der Waals surface area contributed by atoms with Crippen molar-refractivity contribution in [1.82, 2.24) is 4.72 Å². The highest BCUT2D eigenvalue weighted by atomic mass is 35.5. The molecule has 8 heteroatoms. The van der Waals surface area contributed by atoms with Crippen molar-refractivity contribution in [2.24, 2.45) is 5.84 Å². The van der Waals surface area contributed by atoms with Crippen molar-refractivity contribution < 1.29 is 13.2 Å². The minimum Gasteiger partial charge on any atom is -0.493 e. The molecule has 0 atom stereocenters. The van der Waals surface area contributed by atoms with Crippen LogP contribution in [0.5, 0.6) is 5.75 Å². The Morgan fingerprint density at radius 1 is 0.912 bits per heavy atom. The highest BCUT2D eigenvalue weighted by molar-refractivity contribution is 7.89. The Labute approximate surface area is 212 Å². The fourth-order valence-corrected chi connectivity index (χ4v) is 4.50. The molecule has 0 unspecified atom stereocenters. The van der Waals surface area contributed by atoms with Gasteiger partial charge in [-0.2, -0.15) is 0 Å². The van der Waals surface area contributed by atoms with E-state index in [4.69, 9.17) is 10.6 Å². The molecule has 0 heterocycles. The molecule has 0 saturated heterocycles. The zero-order valence-electron chi connectivity index (χ0n) is 21.4. The smallest absolute Gasteiger partial charge is 0.240 e. The van der Waals surface area contributed by atoms with Crippen LogP contribution in [0.15, 0.2) is 47.4 Å². The molecule has 0 aliphatic carbocycles. The number of rotatable bonds is 13. The molecule has 0 aliphatic rings. The summed E-state index contributed by atoms with van der Waals surface area (Å²) in [5, 5.41) is 0. The van der Waals surface area contributed by atoms with Gasteiger partial charge in [-0.15, -0.1) is 12.4 Å². The summed E-state index contributed by atoms with van der Waals surface area (Å²) in [7, 11) is -3.53. The van der Waals surface area contributed by atoms with Crippen molar-refractivity contribution in [3.8, 4) is 5.75 Å². The standard InChI is InChI=1S/C26H41N3O3S.ClH/c1-7-25(3,4)20-11-16-24(23(19-20)26(5,6)8-2)32-18-10-9-17-28-33(30,31)22-14-12-21(29-27)13-15-22;/h11-16,19,28-29H,7-10,17-18,27H2,1-6H3;1H. The number of unbranched alkanes of at least 4 members (excludes halogenated alkanes) is 1. The summed E-state index contributed by atoms with van der Waals surface area (Å²) < 4.78 is 33.7. The quantitative estimate of drug-likeness (QED) is 0.177. The Hall–Kier alpha value is -1.80. The van der Waals surface area contributed by atoms with Crippen molar-refractivity contribution in [3.05, 3.63) is 53.6 Å². The third-order valence-electron chi connectivity index (χ3n) is 6.71. The number of hydrazine groups is 1. The van der Waals surface area contributed by atoms with Gasteiger partial charge in [0.25, 0.3) is 0 Å². The van der Waals surface area contributed by atoms with Gasteiger partial charge in [0, 0.05) is 17.8 Å². The predicted octanol–water partition coefficient (Wildman–Crippen LogP) is 5.91. The molecule has 2 aromatic rings. The van der Waals surface area contributed by atoms with Crippen LogP contribution >= 0.6 is 12.4 Å². The first-order valence-electron chi connectivity index (χ1n) is 11.8. The van der Waals surface area contributed by atoms with E-state index >= 15 is 0 Å². The van der Waals surface area contributed by atoms with Crippen LogP contribution < -0.4 is 20.7 Å². The molecular formula is C26H42ClN3O3S. The average molecular weight is 512 g/mol. The van der Waals surface area contributed by atoms with E-state index in [0.717, 1.165) is 25.0 Å². The van der Waals surface area contributed by atoms with Crippen molar-refractivity contribution in [3.63, 3.8) is 0 Å². The molecule has 2 rings (SSSR count). The molecule has 0 fully saturated rings. The van der Waals surface area contributed by atoms with E-state index < -0.39 is 10.0 Å². The van der Waals surface area contributed by atoms with Crippen LogP contribution in [0, 0.1) is 0 Å². The fourth-order valence-electron chi connectivity index (χ4n) is 3.43. The van der Waals surface area contributed by atoms with Crippen LogP contribution in [0.3, 0.4) is 0 Å². The second-order valence-corrected chi connectivity index (χ2v) is 11.6. The van der Waals surface area contributed by atoms with Gasteiger partial charge < -0.3 is 10.2 Å². The molecule has 192 valence electrons. The van der Waals surface area contributed by atoms with Gasteiger partial charge in [-0.25, -0.2) is 13.1 Å². The highest BCUT2D eigenvalue weighted by Gasteiger charge is 2.26. The molecule has 2 aromatic carbocycles. The van der Waals surface area contributed by atoms with E-state index in [2.05, 4.69) is 69.9 Å². The lowest BCUT2D eigenvalue weighted by molar-refractivity contribution is 0.296. The number of ether oxygens (including phenoxy) is 1. The number of benzene rings is 2. The largest absolute Gasteiger partial charge is 0.493 e. The summed E-state index contributed by atoms with van der Waals surface area (Å²) in [4.78, 5) is 0.222. The molecular weight excluding hydrogens is 470 g/mol. The summed E-state index contributed by atoms with van der Waals surface area (Å²) in [5.74, 6) is 6.25. The van der Waals surface area contributed by atoms with Crippen molar-refractivity contribution in [2.45, 2.75) is 83.0 Å². The maximum absolute atomic E-state index is 12.4. The minimum absolute atomic E-state index is 0. The van der Waals surface area contributed by atoms with Crippen molar-refractivity contribution >= 4 is 28.1 Å². The van der Waals surface area contributed by atoms with Gasteiger partial charge in [0.1, 0.15) is 5.75 Å². The number of halogens is 1. The first kappa shape index (κ1) is 30.2. The lowest BCUT2D eigenvalue weighted by Crippen LogP contribution is -2.25. The minimum atomic E-state index is -3.53. The van der Waals surface area contributed by atoms with Gasteiger partial charge in [-0.1, -0.05) is 53.7 Å². The number of anilines is 1. The summed E-state index contributed by atoms with van der Waals surface area (Å²) in [6.07, 6.45) is 3.54. The van der Waals surface area contributed by atoms with Crippen LogP contribution in [0.1, 0.15) is 78.4 Å². The molecule has 0 radical (unpaired) electrons. The SMILES string of the molecule is CCC(C)(C)c1ccc(OCCCCNS(=O)(=O)c2ccc(NN)cc2)c(C(C)(C)CC)c1.Cl. The van der Waals surface area contributed by atoms with Crippen LogP contribution in [-0.4, -0.2) is 21.6 Å². The van der Waals surface area contributed by atoms with E-state index in [1.54, 1.807) is 12.1 Å². The number of hydrogen-bond acceptors (Lipinski definition) is 5. The lowest BCUT2D eigenvalue weighted by atomic mass is 9.76. The number of nitrogens with two attached hydrogens (primary N) is 1. The summed E-state index contributed by atoms with van der Waals surface area (Å²) in [6, 6.07) is 12.9. The van der Waals surface area contributed by atoms with Crippen LogP contribution in [0.2, 0.25) is 0 Å². The van der Waals surface area contributed by atoms with Crippen molar-refractivity contribution in [1.29, 1.82) is 0 Å². The third-order valence-corrected chi connectivity index (χ3v) is 8.19. The van der Waals surface area contributed by atoms with E-state index in [-0.39, 0.29) is 28.1 Å². The second kappa shape index (κ2) is 12.8. The normalized spacial score (nSPS) is 12.2. The molecule has 0 aromatic heterocycles. The number of sulfonamides is 1. The molecule has 6 nitrogen and oxygen atoms in total. The van der Waals surface area contributed by atoms with Crippen LogP contribution in [-0.2, 0) is 20.9 Å². The Bertz CT molecular complexity index is 1010. The molecule has 4 N–H and O–H groups in total. The van der Waals surface area contributed by atoms with Gasteiger partial charge >= 0.3 is 0 Å². The summed E-state index contributed by atoms with van der Waals surface area (Å²) >= 11 is 0. The number of hydrogen-bond donors (Lipinski definition) is 3. The maximum Gasteiger partial charge on any atom is 0.240 e. The predicted molar refractivity (Wildman–Crippen MR) is 144 cm³/mol. The second-order valence-electron chi connectivity index (χ2n) is 9.81. The van der Waals surface area contributed by atoms with Gasteiger partial charge in [-0.3, -0.25) is 5.84 Å². The molecule has 34 heavy (non-hydrogen) atoms. The third kappa shape index (κ3) is 7.87. The monoisotopic (exact) mass is 511 g/mol. The topological polar surface area (TPSA) is 93.4 Å². The van der Waals surface area contributed by atoms with E-state index in [0.29, 0.717) is 25.3 Å². The molecule has 0 bridgehead atoms. The Kier molecular flexibility index (Phi) is 11.4. The highest BCUT2D eigenvalue weighted by Crippen LogP contribution is 2.38. The number of nitrogen functional groups attached to an aromatic ring is 1. The molecule has 0 saturated carbocycles. The molecule has 0 amide bonds. The van der Waals surface area contributed by atoms with Gasteiger partial charge in [0.05, 0.1) is 11.5 Å². The van der Waals surface area contributed by atoms with Crippen LogP contribution in [0.4, 0.5) is 5.69 Å². The Morgan fingerprint density at radius 3 is 2.09 bits per heavy atom. The average Bonchev–Trinajstić information content (AvgIpc) is 2.81. The van der Waals surface area contributed by atoms with Gasteiger partial charge in [0.15, 0.2) is 0 Å². The zero-order valence-corrected chi connectivity index (χ0v) is 23.0. The van der Waals surface area contributed by atoms with E-state index in [9.17, 15) is 8.42 Å². The van der Waals surface area contributed by atoms with Crippen molar-refractivity contribution in [2.75, 3.05) is 18.6 Å². The first-order valence-corrected chi connectivity index (χ1v) is 13.3. The first-order chi connectivity index (χ1) is 15.5. The maximum atomic E-state index is 12.4. The zero-order chi connectivity index (χ0) is 24.7. The molecule has 0 aliphatic heterocycles.